The Labute approximate surface area is 169 Å². The summed E-state index contributed by atoms with van der Waals surface area (Å²) in [4.78, 5) is 29.0. The summed E-state index contributed by atoms with van der Waals surface area (Å²) in [5.41, 5.74) is 0.408. The third-order valence-electron chi connectivity index (χ3n) is 4.32. The Bertz CT molecular complexity index is 1130. The number of hydrogen-bond donors (Lipinski definition) is 0. The second-order valence-corrected chi connectivity index (χ2v) is 6.35. The van der Waals surface area contributed by atoms with Crippen molar-refractivity contribution in [2.24, 2.45) is 0 Å². The fourth-order valence-corrected chi connectivity index (χ4v) is 2.86. The van der Waals surface area contributed by atoms with Crippen LogP contribution in [0.1, 0.15) is 22.2 Å². The normalized spacial score (nSPS) is 10.8. The van der Waals surface area contributed by atoms with Crippen molar-refractivity contribution in [1.29, 1.82) is 0 Å². The van der Waals surface area contributed by atoms with E-state index in [2.05, 4.69) is 10.1 Å². The van der Waals surface area contributed by atoms with Gasteiger partial charge in [-0.1, -0.05) is 17.3 Å². The Morgan fingerprint density at radius 1 is 1.10 bits per heavy atom. The lowest BCUT2D eigenvalue weighted by molar-refractivity contribution is -0.384. The minimum atomic E-state index is -0.489. The van der Waals surface area contributed by atoms with Crippen molar-refractivity contribution < 1.29 is 23.1 Å². The minimum Gasteiger partial charge on any atom is -0.467 e. The molecule has 0 radical (unpaired) electrons. The summed E-state index contributed by atoms with van der Waals surface area (Å²) in [6.07, 6.45) is 3.25. The van der Waals surface area contributed by atoms with Crippen LogP contribution in [0.5, 0.6) is 0 Å². The molecule has 0 spiro atoms. The van der Waals surface area contributed by atoms with Crippen LogP contribution in [-0.4, -0.2) is 32.4 Å². The molecule has 4 aromatic rings. The van der Waals surface area contributed by atoms with E-state index in [4.69, 9.17) is 13.4 Å². The second-order valence-electron chi connectivity index (χ2n) is 6.35. The number of aromatic nitrogens is 2. The number of benzene rings is 1. The quantitative estimate of drug-likeness (QED) is 0.319. The van der Waals surface area contributed by atoms with Crippen molar-refractivity contribution in [2.75, 3.05) is 6.54 Å². The van der Waals surface area contributed by atoms with Crippen LogP contribution in [-0.2, 0) is 13.0 Å². The van der Waals surface area contributed by atoms with E-state index in [-0.39, 0.29) is 42.7 Å². The summed E-state index contributed by atoms with van der Waals surface area (Å²) in [5.74, 6) is 1.08. The third kappa shape index (κ3) is 4.27. The zero-order valence-corrected chi connectivity index (χ0v) is 15.6. The molecule has 10 heteroatoms. The van der Waals surface area contributed by atoms with E-state index in [1.165, 1.54) is 24.7 Å². The maximum atomic E-state index is 12.7. The summed E-state index contributed by atoms with van der Waals surface area (Å²) in [6.45, 7) is 0.523. The number of hydrogen-bond acceptors (Lipinski definition) is 8. The average molecular weight is 408 g/mol. The van der Waals surface area contributed by atoms with Crippen molar-refractivity contribution in [1.82, 2.24) is 15.0 Å². The van der Waals surface area contributed by atoms with E-state index in [9.17, 15) is 14.9 Å². The molecular weight excluding hydrogens is 392 g/mol. The predicted octanol–water partition coefficient (Wildman–Crippen LogP) is 3.72. The first-order valence-electron chi connectivity index (χ1n) is 9.03. The SMILES string of the molecule is O=C(c1ccco1)N(CCc1nc(-c2cccc([N+](=O)[O-])c2)no1)Cc1ccco1. The number of amides is 1. The van der Waals surface area contributed by atoms with E-state index < -0.39 is 4.92 Å². The number of nitrogens with zero attached hydrogens (tertiary/aromatic N) is 4. The Kier molecular flexibility index (Phi) is 5.37. The Morgan fingerprint density at radius 3 is 2.67 bits per heavy atom. The van der Waals surface area contributed by atoms with Crippen molar-refractivity contribution in [3.05, 3.63) is 88.6 Å². The molecule has 0 aliphatic carbocycles. The molecule has 0 saturated heterocycles. The van der Waals surface area contributed by atoms with Crippen LogP contribution in [0.15, 0.2) is 74.4 Å². The highest BCUT2D eigenvalue weighted by Gasteiger charge is 2.21. The molecule has 3 heterocycles. The summed E-state index contributed by atoms with van der Waals surface area (Å²) in [6, 6.07) is 12.7. The highest BCUT2D eigenvalue weighted by Crippen LogP contribution is 2.21. The van der Waals surface area contributed by atoms with Gasteiger partial charge in [-0.15, -0.1) is 0 Å². The molecule has 0 fully saturated rings. The summed E-state index contributed by atoms with van der Waals surface area (Å²) in [5, 5.41) is 14.8. The fraction of sp³-hybridized carbons (Fsp3) is 0.150. The number of nitro groups is 1. The van der Waals surface area contributed by atoms with Gasteiger partial charge in [0.15, 0.2) is 5.76 Å². The van der Waals surface area contributed by atoms with Gasteiger partial charge in [0.05, 0.1) is 24.0 Å². The molecule has 1 amide bonds. The molecule has 0 aliphatic rings. The molecule has 0 saturated carbocycles. The van der Waals surface area contributed by atoms with Crippen LogP contribution in [0.25, 0.3) is 11.4 Å². The van der Waals surface area contributed by atoms with Crippen LogP contribution in [0.3, 0.4) is 0 Å². The molecule has 3 aromatic heterocycles. The monoisotopic (exact) mass is 408 g/mol. The molecule has 30 heavy (non-hydrogen) atoms. The van der Waals surface area contributed by atoms with Crippen LogP contribution >= 0.6 is 0 Å². The van der Waals surface area contributed by atoms with E-state index >= 15 is 0 Å². The fourth-order valence-electron chi connectivity index (χ4n) is 2.86. The number of furan rings is 2. The minimum absolute atomic E-state index is 0.0625. The van der Waals surface area contributed by atoms with Gasteiger partial charge in [-0.3, -0.25) is 14.9 Å². The van der Waals surface area contributed by atoms with Crippen molar-refractivity contribution in [3.8, 4) is 11.4 Å². The van der Waals surface area contributed by atoms with Crippen LogP contribution < -0.4 is 0 Å². The lowest BCUT2D eigenvalue weighted by Gasteiger charge is -2.19. The summed E-state index contributed by atoms with van der Waals surface area (Å²) in [7, 11) is 0. The van der Waals surface area contributed by atoms with Crippen molar-refractivity contribution in [2.45, 2.75) is 13.0 Å². The van der Waals surface area contributed by atoms with E-state index in [1.807, 2.05) is 0 Å². The third-order valence-corrected chi connectivity index (χ3v) is 4.32. The largest absolute Gasteiger partial charge is 0.467 e. The number of carbonyl (C=O) groups excluding carboxylic acids is 1. The van der Waals surface area contributed by atoms with Crippen molar-refractivity contribution in [3.63, 3.8) is 0 Å². The molecule has 0 atom stereocenters. The van der Waals surface area contributed by atoms with Gasteiger partial charge in [-0.05, 0) is 24.3 Å². The van der Waals surface area contributed by atoms with Gasteiger partial charge in [-0.25, -0.2) is 0 Å². The molecule has 152 valence electrons. The van der Waals surface area contributed by atoms with Crippen LogP contribution in [0.4, 0.5) is 5.69 Å². The molecule has 0 bridgehead atoms. The standard InChI is InChI=1S/C20H16N4O6/c25-20(17-7-3-11-29-17)23(13-16-6-2-10-28-16)9-8-18-21-19(22-30-18)14-4-1-5-15(12-14)24(26)27/h1-7,10-12H,8-9,13H2. The number of carbonyl (C=O) groups is 1. The maximum absolute atomic E-state index is 12.7. The lowest BCUT2D eigenvalue weighted by Crippen LogP contribution is -2.32. The van der Waals surface area contributed by atoms with Crippen LogP contribution in [0.2, 0.25) is 0 Å². The molecule has 0 aliphatic heterocycles. The number of rotatable bonds is 8. The molecule has 0 N–H and O–H groups in total. The van der Waals surface area contributed by atoms with Gasteiger partial charge in [0.25, 0.3) is 11.6 Å². The molecular formula is C20H16N4O6. The lowest BCUT2D eigenvalue weighted by atomic mass is 10.2. The zero-order chi connectivity index (χ0) is 20.9. The van der Waals surface area contributed by atoms with Crippen molar-refractivity contribution >= 4 is 11.6 Å². The first-order chi connectivity index (χ1) is 14.6. The van der Waals surface area contributed by atoms with E-state index in [0.717, 1.165) is 0 Å². The van der Waals surface area contributed by atoms with Gasteiger partial charge in [0.1, 0.15) is 5.76 Å². The zero-order valence-electron chi connectivity index (χ0n) is 15.6. The van der Waals surface area contributed by atoms with Crippen LogP contribution in [0, 0.1) is 10.1 Å². The molecule has 4 rings (SSSR count). The van der Waals surface area contributed by atoms with E-state index in [1.54, 1.807) is 41.3 Å². The first kappa shape index (κ1) is 19.1. The van der Waals surface area contributed by atoms with Gasteiger partial charge in [0.2, 0.25) is 11.7 Å². The molecule has 0 unspecified atom stereocenters. The first-order valence-corrected chi connectivity index (χ1v) is 9.03. The summed E-state index contributed by atoms with van der Waals surface area (Å²) >= 11 is 0. The topological polar surface area (TPSA) is 129 Å². The van der Waals surface area contributed by atoms with Gasteiger partial charge in [-0.2, -0.15) is 4.98 Å². The number of nitro benzene ring substituents is 1. The summed E-state index contributed by atoms with van der Waals surface area (Å²) < 4.78 is 15.8. The average Bonchev–Trinajstić information content (AvgIpc) is 3.53. The molecule has 10 nitrogen and oxygen atoms in total. The van der Waals surface area contributed by atoms with Gasteiger partial charge < -0.3 is 18.3 Å². The second kappa shape index (κ2) is 8.43. The molecule has 1 aromatic carbocycles. The highest BCUT2D eigenvalue weighted by atomic mass is 16.6. The Balaban J connectivity index is 1.48. The Hall–Kier alpha value is -4.21. The van der Waals surface area contributed by atoms with Gasteiger partial charge in [0, 0.05) is 30.7 Å². The smallest absolute Gasteiger partial charge is 0.289 e. The maximum Gasteiger partial charge on any atom is 0.289 e. The number of non-ortho nitro benzene ring substituents is 1. The van der Waals surface area contributed by atoms with Gasteiger partial charge >= 0.3 is 0 Å². The van der Waals surface area contributed by atoms with E-state index in [0.29, 0.717) is 17.2 Å². The highest BCUT2D eigenvalue weighted by molar-refractivity contribution is 5.91. The predicted molar refractivity (Wildman–Crippen MR) is 102 cm³/mol. The Morgan fingerprint density at radius 2 is 1.93 bits per heavy atom.